The number of anilines is 1. The van der Waals surface area contributed by atoms with Crippen molar-refractivity contribution in [2.45, 2.75) is 31.6 Å². The van der Waals surface area contributed by atoms with Gasteiger partial charge in [0.2, 0.25) is 17.5 Å². The number of fused-ring (bicyclic) bond motifs is 6. The lowest BCUT2D eigenvalue weighted by molar-refractivity contribution is 0.104. The van der Waals surface area contributed by atoms with Crippen LogP contribution in [0.1, 0.15) is 37.5 Å². The fourth-order valence-electron chi connectivity index (χ4n) is 4.20. The molecule has 1 saturated carbocycles. The van der Waals surface area contributed by atoms with E-state index in [1.807, 2.05) is 29.2 Å². The maximum absolute atomic E-state index is 14.1. The van der Waals surface area contributed by atoms with Crippen molar-refractivity contribution in [1.82, 2.24) is 30.0 Å². The first-order valence-electron chi connectivity index (χ1n) is 9.10. The van der Waals surface area contributed by atoms with Crippen molar-refractivity contribution in [2.24, 2.45) is 0 Å². The van der Waals surface area contributed by atoms with E-state index in [2.05, 4.69) is 20.3 Å². The summed E-state index contributed by atoms with van der Waals surface area (Å²) in [5, 5.41) is 13.4. The van der Waals surface area contributed by atoms with Crippen LogP contribution in [0.25, 0.3) is 28.9 Å². The van der Waals surface area contributed by atoms with Crippen LogP contribution >= 0.6 is 0 Å². The van der Waals surface area contributed by atoms with Gasteiger partial charge in [0.05, 0.1) is 11.9 Å². The second-order valence-corrected chi connectivity index (χ2v) is 7.09. The number of hydrogen-bond acceptors (Lipinski definition) is 7. The normalized spacial score (nSPS) is 18.5. The van der Waals surface area contributed by atoms with Crippen LogP contribution in [0, 0.1) is 0 Å². The average molecular weight is 365 g/mol. The van der Waals surface area contributed by atoms with Crippen LogP contribution in [0.2, 0.25) is 0 Å². The predicted molar refractivity (Wildman–Crippen MR) is 94.5 cm³/mol. The van der Waals surface area contributed by atoms with E-state index in [0.717, 1.165) is 24.1 Å². The van der Waals surface area contributed by atoms with Gasteiger partial charge in [-0.15, -0.1) is 10.2 Å². The Balaban J connectivity index is 1.51. The monoisotopic (exact) mass is 365 g/mol. The predicted octanol–water partition coefficient (Wildman–Crippen LogP) is 3.39. The van der Waals surface area contributed by atoms with E-state index in [9.17, 15) is 4.48 Å². The molecule has 136 valence electrons. The molecule has 1 aliphatic carbocycles. The summed E-state index contributed by atoms with van der Waals surface area (Å²) >= 11 is 0. The summed E-state index contributed by atoms with van der Waals surface area (Å²) in [7, 11) is 0. The molecule has 1 aromatic carbocycles. The zero-order valence-corrected chi connectivity index (χ0v) is 14.4. The Morgan fingerprint density at radius 1 is 1.07 bits per heavy atom. The van der Waals surface area contributed by atoms with Crippen LogP contribution in [0.3, 0.4) is 0 Å². The molecule has 0 atom stereocenters. The van der Waals surface area contributed by atoms with Crippen molar-refractivity contribution in [2.75, 3.05) is 11.6 Å². The molecule has 0 bridgehead atoms. The van der Waals surface area contributed by atoms with Crippen LogP contribution in [-0.4, -0.2) is 36.7 Å². The molecule has 2 aliphatic heterocycles. The van der Waals surface area contributed by atoms with Gasteiger partial charge < -0.3 is 9.42 Å². The highest BCUT2D eigenvalue weighted by Gasteiger charge is 2.36. The van der Waals surface area contributed by atoms with E-state index in [-0.39, 0.29) is 6.67 Å². The van der Waals surface area contributed by atoms with Crippen molar-refractivity contribution in [3.05, 3.63) is 36.4 Å². The summed E-state index contributed by atoms with van der Waals surface area (Å²) < 4.78 is 21.4. The van der Waals surface area contributed by atoms with Crippen molar-refractivity contribution in [3.8, 4) is 23.0 Å². The molecule has 1 fully saturated rings. The molecule has 0 radical (unpaired) electrons. The summed E-state index contributed by atoms with van der Waals surface area (Å²) in [4.78, 5) is 6.46. The van der Waals surface area contributed by atoms with Crippen LogP contribution in [0.15, 0.2) is 35.0 Å². The Hall–Kier alpha value is -3.23. The largest absolute Gasteiger partial charge is 0.339 e. The molecule has 27 heavy (non-hydrogen) atoms. The Kier molecular flexibility index (Phi) is 2.97. The third kappa shape index (κ3) is 2.08. The van der Waals surface area contributed by atoms with Crippen molar-refractivity contribution >= 4 is 11.5 Å². The average Bonchev–Trinajstić information content (AvgIpc) is 3.44. The summed E-state index contributed by atoms with van der Waals surface area (Å²) in [6.07, 6.45) is 5.96. The molecular weight excluding hydrogens is 349 g/mol. The zero-order chi connectivity index (χ0) is 18.0. The summed E-state index contributed by atoms with van der Waals surface area (Å²) in [6, 6.07) is 7.77. The number of hydrogen-bond donors (Lipinski definition) is 0. The number of halogens is 1. The Labute approximate surface area is 153 Å². The molecular formula is C18H16FN7O. The van der Waals surface area contributed by atoms with E-state index < -0.39 is 0 Å². The van der Waals surface area contributed by atoms with Crippen molar-refractivity contribution in [3.63, 3.8) is 0 Å². The standard InChI is InChI=1S/C18H16FN7O/c19-24-9-14-25(10-24)13-8-4-3-7-12(13)16-21-22-17(26(14)16)15-20-18(27-23-15)11-5-1-2-6-11/h3-4,7-9,11H,1-2,5-6,10H2. The second kappa shape index (κ2) is 5.38. The fraction of sp³-hybridized carbons (Fsp3) is 0.333. The molecule has 0 unspecified atom stereocenters. The second-order valence-electron chi connectivity index (χ2n) is 7.09. The van der Waals surface area contributed by atoms with E-state index in [0.29, 0.717) is 40.2 Å². The zero-order valence-electron chi connectivity index (χ0n) is 14.4. The summed E-state index contributed by atoms with van der Waals surface area (Å²) in [6.45, 7) is 0.114. The number of rotatable bonds is 2. The van der Waals surface area contributed by atoms with Gasteiger partial charge in [-0.3, -0.25) is 4.57 Å². The first kappa shape index (κ1) is 14.9. The van der Waals surface area contributed by atoms with Crippen LogP contribution < -0.4 is 4.90 Å². The number of aromatic nitrogens is 5. The fourth-order valence-corrected chi connectivity index (χ4v) is 4.20. The van der Waals surface area contributed by atoms with Gasteiger partial charge >= 0.3 is 0 Å². The molecule has 0 spiro atoms. The van der Waals surface area contributed by atoms with E-state index in [1.54, 1.807) is 4.57 Å². The first-order chi connectivity index (χ1) is 13.3. The highest BCUT2D eigenvalue weighted by Crippen LogP contribution is 2.43. The van der Waals surface area contributed by atoms with Gasteiger partial charge in [0, 0.05) is 11.5 Å². The highest BCUT2D eigenvalue weighted by atomic mass is 19.2. The Morgan fingerprint density at radius 3 is 2.78 bits per heavy atom. The van der Waals surface area contributed by atoms with Crippen molar-refractivity contribution in [1.29, 1.82) is 0 Å². The smallest absolute Gasteiger partial charge is 0.240 e. The van der Waals surface area contributed by atoms with Crippen LogP contribution in [0.5, 0.6) is 0 Å². The minimum Gasteiger partial charge on any atom is -0.339 e. The lowest BCUT2D eigenvalue weighted by Crippen LogP contribution is -2.28. The first-order valence-corrected chi connectivity index (χ1v) is 9.10. The van der Waals surface area contributed by atoms with Gasteiger partial charge in [-0.25, -0.2) is 0 Å². The highest BCUT2D eigenvalue weighted by molar-refractivity contribution is 5.89. The quantitative estimate of drug-likeness (QED) is 0.644. The molecule has 9 heteroatoms. The van der Waals surface area contributed by atoms with Gasteiger partial charge in [0.15, 0.2) is 5.82 Å². The maximum atomic E-state index is 14.1. The van der Waals surface area contributed by atoms with Crippen molar-refractivity contribution < 1.29 is 9.00 Å². The summed E-state index contributed by atoms with van der Waals surface area (Å²) in [5.41, 5.74) is 1.79. The topological polar surface area (TPSA) is 76.1 Å². The maximum Gasteiger partial charge on any atom is 0.240 e. The van der Waals surface area contributed by atoms with Gasteiger partial charge in [-0.2, -0.15) is 10.1 Å². The van der Waals surface area contributed by atoms with E-state index >= 15 is 0 Å². The third-order valence-electron chi connectivity index (χ3n) is 5.48. The Bertz CT molecular complexity index is 1070. The lowest BCUT2D eigenvalue weighted by Gasteiger charge is -2.29. The minimum absolute atomic E-state index is 0.114. The molecule has 0 N–H and O–H groups in total. The summed E-state index contributed by atoms with van der Waals surface area (Å²) in [5.74, 6) is 3.09. The Morgan fingerprint density at radius 2 is 1.89 bits per heavy atom. The molecule has 3 aromatic rings. The molecule has 8 nitrogen and oxygen atoms in total. The molecule has 4 heterocycles. The van der Waals surface area contributed by atoms with E-state index in [1.165, 1.54) is 19.0 Å². The van der Waals surface area contributed by atoms with Gasteiger partial charge in [-0.05, 0) is 25.0 Å². The number of nitrogens with zero attached hydrogens (tertiary/aromatic N) is 7. The van der Waals surface area contributed by atoms with Gasteiger partial charge in [-0.1, -0.05) is 34.6 Å². The van der Waals surface area contributed by atoms with Crippen LogP contribution in [0.4, 0.5) is 10.2 Å². The minimum atomic E-state index is 0.114. The van der Waals surface area contributed by atoms with E-state index in [4.69, 9.17) is 4.52 Å². The lowest BCUT2D eigenvalue weighted by atomic mass is 10.1. The molecule has 6 rings (SSSR count). The molecule has 0 amide bonds. The molecule has 0 saturated heterocycles. The number of para-hydroxylation sites is 1. The SMILES string of the molecule is FN1C=C2N(C1)c1ccccc1-c1nnc(-c3noc(C4CCCC4)n3)n12. The molecule has 3 aliphatic rings. The van der Waals surface area contributed by atoms with Gasteiger partial charge in [0.1, 0.15) is 12.5 Å². The number of benzene rings is 1. The molecule has 2 aromatic heterocycles. The van der Waals surface area contributed by atoms with Gasteiger partial charge in [0.25, 0.3) is 0 Å². The third-order valence-corrected chi connectivity index (χ3v) is 5.48. The van der Waals surface area contributed by atoms with Crippen LogP contribution in [-0.2, 0) is 0 Å².